The van der Waals surface area contributed by atoms with Crippen LogP contribution in [0.15, 0.2) is 65.6 Å². The molecule has 23 heavy (non-hydrogen) atoms. The van der Waals surface area contributed by atoms with Gasteiger partial charge < -0.3 is 0 Å². The molecule has 1 unspecified atom stereocenters. The van der Waals surface area contributed by atoms with Crippen molar-refractivity contribution in [1.82, 2.24) is 4.31 Å². The molecule has 3 rings (SSSR count). The fourth-order valence-corrected chi connectivity index (χ4v) is 4.77. The first-order chi connectivity index (χ1) is 10.9. The summed E-state index contributed by atoms with van der Waals surface area (Å²) in [5, 5.41) is 0.580. The number of hydrogen-bond acceptors (Lipinski definition) is 2. The molecular weight excluding hydrogens is 330 g/mol. The van der Waals surface area contributed by atoms with Crippen LogP contribution >= 0.6 is 11.6 Å². The van der Waals surface area contributed by atoms with Gasteiger partial charge in [-0.25, -0.2) is 8.42 Å². The predicted molar refractivity (Wildman–Crippen MR) is 93.0 cm³/mol. The van der Waals surface area contributed by atoms with E-state index in [-0.39, 0.29) is 6.04 Å². The zero-order chi connectivity index (χ0) is 16.6. The van der Waals surface area contributed by atoms with E-state index < -0.39 is 10.0 Å². The Morgan fingerprint density at radius 1 is 1.13 bits per heavy atom. The lowest BCUT2D eigenvalue weighted by molar-refractivity contribution is 0.397. The van der Waals surface area contributed by atoms with Gasteiger partial charge in [-0.3, -0.25) is 0 Å². The Morgan fingerprint density at radius 2 is 1.78 bits per heavy atom. The lowest BCUT2D eigenvalue weighted by Crippen LogP contribution is -2.31. The first-order valence-electron chi connectivity index (χ1n) is 7.39. The van der Waals surface area contributed by atoms with Crippen molar-refractivity contribution < 1.29 is 8.42 Å². The van der Waals surface area contributed by atoms with Crippen LogP contribution in [0.5, 0.6) is 0 Å². The molecule has 0 amide bonds. The summed E-state index contributed by atoms with van der Waals surface area (Å²) in [5.41, 5.74) is 2.74. The van der Waals surface area contributed by atoms with Crippen LogP contribution in [0.1, 0.15) is 23.6 Å². The van der Waals surface area contributed by atoms with Crippen molar-refractivity contribution in [3.63, 3.8) is 0 Å². The minimum absolute atomic E-state index is 0.301. The van der Waals surface area contributed by atoms with Crippen LogP contribution in [-0.2, 0) is 10.0 Å². The maximum Gasteiger partial charge on any atom is 0.243 e. The molecule has 3 nitrogen and oxygen atoms in total. The van der Waals surface area contributed by atoms with E-state index in [4.69, 9.17) is 11.6 Å². The van der Waals surface area contributed by atoms with E-state index in [1.54, 1.807) is 18.2 Å². The third kappa shape index (κ3) is 3.07. The fourth-order valence-electron chi connectivity index (χ4n) is 2.88. The largest absolute Gasteiger partial charge is 0.243 e. The Kier molecular flexibility index (Phi) is 4.32. The van der Waals surface area contributed by atoms with Crippen molar-refractivity contribution in [3.05, 3.63) is 76.8 Å². The first-order valence-corrected chi connectivity index (χ1v) is 9.21. The van der Waals surface area contributed by atoms with Crippen molar-refractivity contribution in [2.75, 3.05) is 6.54 Å². The van der Waals surface area contributed by atoms with E-state index in [1.807, 2.05) is 37.3 Å². The van der Waals surface area contributed by atoms with Gasteiger partial charge in [-0.2, -0.15) is 4.31 Å². The first kappa shape index (κ1) is 16.2. The molecule has 120 valence electrons. The van der Waals surface area contributed by atoms with E-state index in [1.165, 1.54) is 4.31 Å². The lowest BCUT2D eigenvalue weighted by atomic mass is 10.0. The molecule has 0 aromatic heterocycles. The second kappa shape index (κ2) is 6.11. The number of benzene rings is 2. The smallest absolute Gasteiger partial charge is 0.207 e. The molecule has 0 aliphatic carbocycles. The maximum atomic E-state index is 13.0. The summed E-state index contributed by atoms with van der Waals surface area (Å²) in [6.07, 6.45) is 0.592. The van der Waals surface area contributed by atoms with Gasteiger partial charge >= 0.3 is 0 Å². The third-order valence-electron chi connectivity index (χ3n) is 4.10. The van der Waals surface area contributed by atoms with Gasteiger partial charge in [-0.15, -0.1) is 0 Å². The Morgan fingerprint density at radius 3 is 2.43 bits per heavy atom. The monoisotopic (exact) mass is 347 g/mol. The molecule has 0 radical (unpaired) electrons. The summed E-state index contributed by atoms with van der Waals surface area (Å²) in [5.74, 6) is 0. The highest BCUT2D eigenvalue weighted by Gasteiger charge is 2.38. The molecule has 1 fully saturated rings. The van der Waals surface area contributed by atoms with Crippen LogP contribution in [0, 0.1) is 6.92 Å². The molecule has 1 aliphatic rings. The van der Waals surface area contributed by atoms with Gasteiger partial charge in [0, 0.05) is 11.6 Å². The van der Waals surface area contributed by atoms with Crippen LogP contribution in [-0.4, -0.2) is 19.3 Å². The van der Waals surface area contributed by atoms with Gasteiger partial charge in [0.2, 0.25) is 10.0 Å². The fraction of sp³-hybridized carbons (Fsp3) is 0.222. The number of sulfonamides is 1. The molecule has 2 aromatic carbocycles. The van der Waals surface area contributed by atoms with Crippen molar-refractivity contribution in [2.45, 2.75) is 24.3 Å². The molecule has 5 heteroatoms. The summed E-state index contributed by atoms with van der Waals surface area (Å²) in [7, 11) is -3.59. The Balaban J connectivity index is 2.04. The molecule has 0 saturated carbocycles. The van der Waals surface area contributed by atoms with E-state index >= 15 is 0 Å². The van der Waals surface area contributed by atoms with Crippen molar-refractivity contribution in [3.8, 4) is 0 Å². The van der Waals surface area contributed by atoms with Crippen LogP contribution < -0.4 is 0 Å². The van der Waals surface area contributed by atoms with Gasteiger partial charge in [-0.05, 0) is 37.1 Å². The molecule has 1 atom stereocenters. The average Bonchev–Trinajstić information content (AvgIpc) is 2.91. The maximum absolute atomic E-state index is 13.0. The standard InChI is InChI=1S/C18H18ClNO2S/c1-13-7-9-15(10-8-13)23(21,22)20-12-14(2)11-18(20)16-5-3-4-6-17(16)19/h3-10,18H,2,11-12H2,1H3. The topological polar surface area (TPSA) is 37.4 Å². The zero-order valence-corrected chi connectivity index (χ0v) is 14.4. The van der Waals surface area contributed by atoms with Crippen LogP contribution in [0.4, 0.5) is 0 Å². The zero-order valence-electron chi connectivity index (χ0n) is 12.9. The molecule has 0 N–H and O–H groups in total. The Labute approximate surface area is 142 Å². The van der Waals surface area contributed by atoms with Gasteiger partial charge in [-0.1, -0.05) is 59.6 Å². The highest BCUT2D eigenvalue weighted by atomic mass is 35.5. The SMILES string of the molecule is C=C1CC(c2ccccc2Cl)N(S(=O)(=O)c2ccc(C)cc2)C1. The Bertz CT molecular complexity index is 844. The highest BCUT2D eigenvalue weighted by molar-refractivity contribution is 7.89. The predicted octanol–water partition coefficient (Wildman–Crippen LogP) is 4.34. The lowest BCUT2D eigenvalue weighted by Gasteiger charge is -2.24. The summed E-state index contributed by atoms with van der Waals surface area (Å²) >= 11 is 6.28. The number of hydrogen-bond donors (Lipinski definition) is 0. The molecule has 1 aliphatic heterocycles. The summed E-state index contributed by atoms with van der Waals surface area (Å²) < 4.78 is 27.6. The van der Waals surface area contributed by atoms with Gasteiger partial charge in [0.05, 0.1) is 10.9 Å². The van der Waals surface area contributed by atoms with E-state index in [2.05, 4.69) is 6.58 Å². The van der Waals surface area contributed by atoms with Crippen LogP contribution in [0.3, 0.4) is 0 Å². The van der Waals surface area contributed by atoms with E-state index in [0.717, 1.165) is 16.7 Å². The average molecular weight is 348 g/mol. The van der Waals surface area contributed by atoms with Gasteiger partial charge in [0.1, 0.15) is 0 Å². The van der Waals surface area contributed by atoms with Crippen molar-refractivity contribution >= 4 is 21.6 Å². The molecular formula is C18H18ClNO2S. The van der Waals surface area contributed by atoms with Crippen molar-refractivity contribution in [1.29, 1.82) is 0 Å². The molecule has 1 saturated heterocycles. The minimum Gasteiger partial charge on any atom is -0.207 e. The number of rotatable bonds is 3. The van der Waals surface area contributed by atoms with E-state index in [0.29, 0.717) is 22.9 Å². The van der Waals surface area contributed by atoms with Gasteiger partial charge in [0.25, 0.3) is 0 Å². The van der Waals surface area contributed by atoms with Crippen molar-refractivity contribution in [2.24, 2.45) is 0 Å². The quantitative estimate of drug-likeness (QED) is 0.774. The summed E-state index contributed by atoms with van der Waals surface area (Å²) in [4.78, 5) is 0.301. The molecule has 0 bridgehead atoms. The van der Waals surface area contributed by atoms with E-state index in [9.17, 15) is 8.42 Å². The highest BCUT2D eigenvalue weighted by Crippen LogP contribution is 2.40. The van der Waals surface area contributed by atoms with Gasteiger partial charge in [0.15, 0.2) is 0 Å². The minimum atomic E-state index is -3.59. The second-order valence-corrected chi connectivity index (χ2v) is 8.15. The second-order valence-electron chi connectivity index (χ2n) is 5.85. The summed E-state index contributed by atoms with van der Waals surface area (Å²) in [6.45, 7) is 6.24. The number of halogens is 1. The molecule has 2 aromatic rings. The van der Waals surface area contributed by atoms with Crippen LogP contribution in [0.2, 0.25) is 5.02 Å². The number of nitrogens with zero attached hydrogens (tertiary/aromatic N) is 1. The Hall–Kier alpha value is -1.62. The molecule has 0 spiro atoms. The molecule has 1 heterocycles. The normalized spacial score (nSPS) is 19.2. The third-order valence-corrected chi connectivity index (χ3v) is 6.31. The number of aryl methyl sites for hydroxylation is 1. The van der Waals surface area contributed by atoms with Crippen LogP contribution in [0.25, 0.3) is 0 Å². The summed E-state index contributed by atoms with van der Waals surface area (Å²) in [6, 6.07) is 14.0.